The monoisotopic (exact) mass is 255 g/mol. The molecule has 1 aromatic carbocycles. The van der Waals surface area contributed by atoms with Crippen LogP contribution in [0.1, 0.15) is 11.4 Å². The average molecular weight is 256 g/mol. The number of aromatic nitrogens is 3. The largest absolute Gasteiger partial charge is 0.313 e. The van der Waals surface area contributed by atoms with Gasteiger partial charge in [0, 0.05) is 12.6 Å². The highest BCUT2D eigenvalue weighted by Crippen LogP contribution is 2.29. The van der Waals surface area contributed by atoms with Crippen molar-refractivity contribution in [3.8, 4) is 11.4 Å². The molecule has 0 saturated heterocycles. The number of aryl methyl sites for hydroxylation is 1. The highest BCUT2D eigenvalue weighted by molar-refractivity contribution is 6.33. The molecule has 84 valence electrons. The highest BCUT2D eigenvalue weighted by atomic mass is 35.5. The van der Waals surface area contributed by atoms with Gasteiger partial charge in [-0.25, -0.2) is 0 Å². The minimum absolute atomic E-state index is 0.340. The van der Waals surface area contributed by atoms with Crippen molar-refractivity contribution in [1.82, 2.24) is 14.8 Å². The van der Waals surface area contributed by atoms with Crippen LogP contribution >= 0.6 is 23.2 Å². The lowest BCUT2D eigenvalue weighted by Crippen LogP contribution is -1.98. The Morgan fingerprint density at radius 1 is 1.31 bits per heavy atom. The maximum Gasteiger partial charge on any atom is 0.165 e. The van der Waals surface area contributed by atoms with E-state index in [2.05, 4.69) is 10.2 Å². The third-order valence-electron chi connectivity index (χ3n) is 2.52. The molecule has 3 nitrogen and oxygen atoms in total. The molecule has 0 unspecified atom stereocenters. The van der Waals surface area contributed by atoms with Gasteiger partial charge >= 0.3 is 0 Å². The van der Waals surface area contributed by atoms with Crippen molar-refractivity contribution >= 4 is 23.2 Å². The molecule has 0 bridgehead atoms. The summed E-state index contributed by atoms with van der Waals surface area (Å²) in [6.45, 7) is 1.96. The molecule has 5 heteroatoms. The van der Waals surface area contributed by atoms with Gasteiger partial charge in [-0.05, 0) is 18.6 Å². The van der Waals surface area contributed by atoms with Crippen molar-refractivity contribution < 1.29 is 0 Å². The van der Waals surface area contributed by atoms with Gasteiger partial charge in [0.25, 0.3) is 0 Å². The quantitative estimate of drug-likeness (QED) is 0.772. The molecule has 1 heterocycles. The zero-order valence-electron chi connectivity index (χ0n) is 9.04. The SMILES string of the molecule is Cc1cccc(-c2nnc(CCl)n2C)c1Cl. The Morgan fingerprint density at radius 2 is 2.06 bits per heavy atom. The third-order valence-corrected chi connectivity index (χ3v) is 3.26. The lowest BCUT2D eigenvalue weighted by atomic mass is 10.1. The Hall–Kier alpha value is -1.06. The van der Waals surface area contributed by atoms with Crippen LogP contribution in [0.25, 0.3) is 11.4 Å². The summed E-state index contributed by atoms with van der Waals surface area (Å²) in [5.41, 5.74) is 1.91. The topological polar surface area (TPSA) is 30.7 Å². The third kappa shape index (κ3) is 1.81. The molecule has 0 fully saturated rings. The van der Waals surface area contributed by atoms with E-state index in [0.29, 0.717) is 10.9 Å². The molecule has 2 rings (SSSR count). The second kappa shape index (κ2) is 4.44. The second-order valence-electron chi connectivity index (χ2n) is 3.57. The highest BCUT2D eigenvalue weighted by Gasteiger charge is 2.13. The van der Waals surface area contributed by atoms with Crippen LogP contribution in [0.15, 0.2) is 18.2 Å². The molecule has 0 spiro atoms. The van der Waals surface area contributed by atoms with Crippen LogP contribution in [0.4, 0.5) is 0 Å². The molecule has 0 saturated carbocycles. The van der Waals surface area contributed by atoms with E-state index in [-0.39, 0.29) is 0 Å². The van der Waals surface area contributed by atoms with E-state index in [9.17, 15) is 0 Å². The Balaban J connectivity index is 2.59. The maximum absolute atomic E-state index is 6.24. The van der Waals surface area contributed by atoms with E-state index in [1.165, 1.54) is 0 Å². The molecule has 0 radical (unpaired) electrons. The molecule has 0 aliphatic carbocycles. The predicted molar refractivity (Wildman–Crippen MR) is 65.7 cm³/mol. The lowest BCUT2D eigenvalue weighted by Gasteiger charge is -2.06. The zero-order chi connectivity index (χ0) is 11.7. The second-order valence-corrected chi connectivity index (χ2v) is 4.21. The molecule has 1 aromatic heterocycles. The van der Waals surface area contributed by atoms with Gasteiger partial charge in [-0.15, -0.1) is 21.8 Å². The van der Waals surface area contributed by atoms with E-state index in [1.807, 2.05) is 36.7 Å². The van der Waals surface area contributed by atoms with Crippen molar-refractivity contribution in [2.75, 3.05) is 0 Å². The number of rotatable bonds is 2. The van der Waals surface area contributed by atoms with E-state index < -0.39 is 0 Å². The molecule has 0 aliphatic heterocycles. The van der Waals surface area contributed by atoms with E-state index >= 15 is 0 Å². The first-order valence-electron chi connectivity index (χ1n) is 4.85. The number of alkyl halides is 1. The van der Waals surface area contributed by atoms with Crippen LogP contribution in [-0.4, -0.2) is 14.8 Å². The van der Waals surface area contributed by atoms with Crippen LogP contribution in [0.5, 0.6) is 0 Å². The molecule has 2 aromatic rings. The Kier molecular flexibility index (Phi) is 3.17. The zero-order valence-corrected chi connectivity index (χ0v) is 10.5. The van der Waals surface area contributed by atoms with Crippen molar-refractivity contribution in [1.29, 1.82) is 0 Å². The summed E-state index contributed by atoms with van der Waals surface area (Å²) >= 11 is 12.0. The van der Waals surface area contributed by atoms with E-state index in [1.54, 1.807) is 0 Å². The summed E-state index contributed by atoms with van der Waals surface area (Å²) in [5.74, 6) is 1.81. The van der Waals surface area contributed by atoms with Crippen molar-refractivity contribution in [3.63, 3.8) is 0 Å². The van der Waals surface area contributed by atoms with Crippen molar-refractivity contribution in [2.45, 2.75) is 12.8 Å². The summed E-state index contributed by atoms with van der Waals surface area (Å²) in [4.78, 5) is 0. The fraction of sp³-hybridized carbons (Fsp3) is 0.273. The predicted octanol–water partition coefficient (Wildman–Crippen LogP) is 3.18. The van der Waals surface area contributed by atoms with Crippen molar-refractivity contribution in [3.05, 3.63) is 34.6 Å². The Bertz CT molecular complexity index is 520. The van der Waals surface area contributed by atoms with Gasteiger partial charge in [-0.3, -0.25) is 0 Å². The van der Waals surface area contributed by atoms with Crippen LogP contribution in [0.3, 0.4) is 0 Å². The summed E-state index contributed by atoms with van der Waals surface area (Å²) in [6.07, 6.45) is 0. The molecular formula is C11H11Cl2N3. The van der Waals surface area contributed by atoms with E-state index in [0.717, 1.165) is 22.8 Å². The standard InChI is InChI=1S/C11H11Cl2N3/c1-7-4-3-5-8(10(7)13)11-15-14-9(6-12)16(11)2/h3-5H,6H2,1-2H3. The van der Waals surface area contributed by atoms with Gasteiger partial charge in [0.2, 0.25) is 0 Å². The van der Waals surface area contributed by atoms with Crippen LogP contribution in [-0.2, 0) is 12.9 Å². The average Bonchev–Trinajstić information content (AvgIpc) is 2.64. The number of hydrogen-bond acceptors (Lipinski definition) is 2. The van der Waals surface area contributed by atoms with Crippen molar-refractivity contribution in [2.24, 2.45) is 7.05 Å². The Labute approximate surface area is 104 Å². The van der Waals surface area contributed by atoms with Crippen LogP contribution in [0, 0.1) is 6.92 Å². The molecule has 0 N–H and O–H groups in total. The summed E-state index contributed by atoms with van der Waals surface area (Å²) in [7, 11) is 1.88. The van der Waals surface area contributed by atoms with Gasteiger partial charge < -0.3 is 4.57 Å². The first-order chi connectivity index (χ1) is 7.65. The molecule has 0 amide bonds. The maximum atomic E-state index is 6.24. The summed E-state index contributed by atoms with van der Waals surface area (Å²) in [5, 5.41) is 8.81. The van der Waals surface area contributed by atoms with E-state index in [4.69, 9.17) is 23.2 Å². The smallest absolute Gasteiger partial charge is 0.165 e. The molecule has 0 atom stereocenters. The number of halogens is 2. The number of benzene rings is 1. The van der Waals surface area contributed by atoms with Gasteiger partial charge in [-0.1, -0.05) is 23.7 Å². The first kappa shape index (κ1) is 11.4. The van der Waals surface area contributed by atoms with Crippen LogP contribution in [0.2, 0.25) is 5.02 Å². The minimum Gasteiger partial charge on any atom is -0.313 e. The van der Waals surface area contributed by atoms with Gasteiger partial charge in [0.15, 0.2) is 5.82 Å². The van der Waals surface area contributed by atoms with Gasteiger partial charge in [0.05, 0.1) is 10.9 Å². The summed E-state index contributed by atoms with van der Waals surface area (Å²) < 4.78 is 1.85. The molecule has 0 aliphatic rings. The number of hydrogen-bond donors (Lipinski definition) is 0. The first-order valence-corrected chi connectivity index (χ1v) is 5.76. The fourth-order valence-corrected chi connectivity index (χ4v) is 1.98. The minimum atomic E-state index is 0.340. The molecule has 16 heavy (non-hydrogen) atoms. The normalized spacial score (nSPS) is 10.8. The lowest BCUT2D eigenvalue weighted by molar-refractivity contribution is 0.853. The Morgan fingerprint density at radius 3 is 2.69 bits per heavy atom. The van der Waals surface area contributed by atoms with Gasteiger partial charge in [0.1, 0.15) is 5.82 Å². The number of nitrogens with zero attached hydrogens (tertiary/aromatic N) is 3. The van der Waals surface area contributed by atoms with Crippen LogP contribution < -0.4 is 0 Å². The molecular weight excluding hydrogens is 245 g/mol. The summed E-state index contributed by atoms with van der Waals surface area (Å²) in [6, 6.07) is 5.84. The fourth-order valence-electron chi connectivity index (χ4n) is 1.53. The van der Waals surface area contributed by atoms with Gasteiger partial charge in [-0.2, -0.15) is 0 Å².